The molecular weight excluding hydrogens is 324 g/mol. The van der Waals surface area contributed by atoms with Gasteiger partial charge in [0.2, 0.25) is 0 Å². The molecule has 0 amide bonds. The van der Waals surface area contributed by atoms with Crippen LogP contribution in [-0.4, -0.2) is 25.2 Å². The molecule has 0 atom stereocenters. The maximum absolute atomic E-state index is 12.2. The molecule has 0 aliphatic rings. The third kappa shape index (κ3) is 3.82. The van der Waals surface area contributed by atoms with Gasteiger partial charge in [0.1, 0.15) is 0 Å². The summed E-state index contributed by atoms with van der Waals surface area (Å²) in [7, 11) is 0. The van der Waals surface area contributed by atoms with Gasteiger partial charge in [0.15, 0.2) is 5.41 Å². The lowest BCUT2D eigenvalue weighted by Crippen LogP contribution is -2.41. The third-order valence-corrected chi connectivity index (χ3v) is 3.73. The maximum Gasteiger partial charge on any atom is 0.323 e. The molecule has 1 aromatic carbocycles. The van der Waals surface area contributed by atoms with Crippen LogP contribution in [-0.2, 0) is 25.5 Å². The third-order valence-electron chi connectivity index (χ3n) is 2.95. The normalized spacial score (nSPS) is 11.0. The molecule has 0 aliphatic heterocycles. The average Bonchev–Trinajstić information content (AvgIpc) is 2.41. The molecule has 0 bridgehead atoms. The number of carbonyl (C=O) groups excluding carboxylic acids is 2. The number of esters is 2. The minimum Gasteiger partial charge on any atom is -0.465 e. The number of carbonyl (C=O) groups is 2. The van der Waals surface area contributed by atoms with Gasteiger partial charge in [-0.1, -0.05) is 34.1 Å². The van der Waals surface area contributed by atoms with Crippen LogP contribution >= 0.6 is 15.9 Å². The summed E-state index contributed by atoms with van der Waals surface area (Å²) in [5.41, 5.74) is -0.480. The zero-order valence-corrected chi connectivity index (χ0v) is 13.5. The van der Waals surface area contributed by atoms with Crippen molar-refractivity contribution in [3.05, 3.63) is 34.3 Å². The molecular formula is C15H19BrO4. The summed E-state index contributed by atoms with van der Waals surface area (Å²) < 4.78 is 10.9. The standard InChI is InChI=1S/C15H19BrO4/c1-4-19-13(17)15(3,14(18)20-5-2)10-11-8-6-7-9-12(11)16/h6-9H,4-5,10H2,1-3H3. The topological polar surface area (TPSA) is 52.6 Å². The highest BCUT2D eigenvalue weighted by Gasteiger charge is 2.44. The van der Waals surface area contributed by atoms with Crippen LogP contribution in [0.4, 0.5) is 0 Å². The Morgan fingerprint density at radius 1 is 1.10 bits per heavy atom. The SMILES string of the molecule is CCOC(=O)C(C)(Cc1ccccc1Br)C(=O)OCC. The smallest absolute Gasteiger partial charge is 0.323 e. The first-order chi connectivity index (χ1) is 9.45. The van der Waals surface area contributed by atoms with Gasteiger partial charge in [0.25, 0.3) is 0 Å². The van der Waals surface area contributed by atoms with Crippen molar-refractivity contribution in [2.75, 3.05) is 13.2 Å². The molecule has 0 spiro atoms. The van der Waals surface area contributed by atoms with Crippen molar-refractivity contribution >= 4 is 27.9 Å². The maximum atomic E-state index is 12.2. The van der Waals surface area contributed by atoms with E-state index in [4.69, 9.17) is 9.47 Å². The summed E-state index contributed by atoms with van der Waals surface area (Å²) in [5.74, 6) is -1.12. The number of halogens is 1. The highest BCUT2D eigenvalue weighted by molar-refractivity contribution is 9.10. The number of benzene rings is 1. The Morgan fingerprint density at radius 2 is 1.60 bits per heavy atom. The lowest BCUT2D eigenvalue weighted by molar-refractivity contribution is -0.170. The minimum absolute atomic E-state index is 0.226. The van der Waals surface area contributed by atoms with E-state index >= 15 is 0 Å². The van der Waals surface area contributed by atoms with E-state index in [-0.39, 0.29) is 19.6 Å². The Morgan fingerprint density at radius 3 is 2.05 bits per heavy atom. The summed E-state index contributed by atoms with van der Waals surface area (Å²) in [5, 5.41) is 0. The molecule has 110 valence electrons. The molecule has 0 saturated carbocycles. The molecule has 5 heteroatoms. The van der Waals surface area contributed by atoms with Gasteiger partial charge < -0.3 is 9.47 Å². The van der Waals surface area contributed by atoms with Gasteiger partial charge in [-0.2, -0.15) is 0 Å². The van der Waals surface area contributed by atoms with E-state index in [9.17, 15) is 9.59 Å². The van der Waals surface area contributed by atoms with Crippen molar-refractivity contribution in [3.63, 3.8) is 0 Å². The van der Waals surface area contributed by atoms with Crippen molar-refractivity contribution in [2.24, 2.45) is 5.41 Å². The monoisotopic (exact) mass is 342 g/mol. The first-order valence-electron chi connectivity index (χ1n) is 6.53. The van der Waals surface area contributed by atoms with Crippen LogP contribution in [0.1, 0.15) is 26.3 Å². The second kappa shape index (κ2) is 7.43. The van der Waals surface area contributed by atoms with E-state index in [0.717, 1.165) is 10.0 Å². The van der Waals surface area contributed by atoms with Crippen LogP contribution in [0.15, 0.2) is 28.7 Å². The zero-order valence-electron chi connectivity index (χ0n) is 11.9. The number of rotatable bonds is 6. The molecule has 0 heterocycles. The first kappa shape index (κ1) is 16.7. The fraction of sp³-hybridized carbons (Fsp3) is 0.467. The van der Waals surface area contributed by atoms with Crippen molar-refractivity contribution < 1.29 is 19.1 Å². The van der Waals surface area contributed by atoms with E-state index < -0.39 is 17.4 Å². The fourth-order valence-corrected chi connectivity index (χ4v) is 2.26. The molecule has 0 radical (unpaired) electrons. The molecule has 4 nitrogen and oxygen atoms in total. The molecule has 0 saturated heterocycles. The summed E-state index contributed by atoms with van der Waals surface area (Å²) >= 11 is 3.42. The van der Waals surface area contributed by atoms with E-state index in [1.54, 1.807) is 20.8 Å². The van der Waals surface area contributed by atoms with E-state index in [1.807, 2.05) is 24.3 Å². The van der Waals surface area contributed by atoms with Crippen molar-refractivity contribution in [3.8, 4) is 0 Å². The van der Waals surface area contributed by atoms with Gasteiger partial charge in [-0.05, 0) is 32.4 Å². The van der Waals surface area contributed by atoms with Crippen molar-refractivity contribution in [1.82, 2.24) is 0 Å². The molecule has 20 heavy (non-hydrogen) atoms. The minimum atomic E-state index is -1.34. The second-order valence-corrected chi connectivity index (χ2v) is 5.40. The van der Waals surface area contributed by atoms with Crippen LogP contribution in [0.5, 0.6) is 0 Å². The predicted molar refractivity (Wildman–Crippen MR) is 79.2 cm³/mol. The molecule has 0 N–H and O–H groups in total. The Bertz CT molecular complexity index is 467. The van der Waals surface area contributed by atoms with E-state index in [1.165, 1.54) is 0 Å². The summed E-state index contributed by atoms with van der Waals surface area (Å²) in [6.45, 7) is 5.43. The molecule has 0 fully saturated rings. The Hall–Kier alpha value is -1.36. The first-order valence-corrected chi connectivity index (χ1v) is 7.32. The van der Waals surface area contributed by atoms with Gasteiger partial charge in [-0.3, -0.25) is 9.59 Å². The van der Waals surface area contributed by atoms with Gasteiger partial charge >= 0.3 is 11.9 Å². The Kier molecular flexibility index (Phi) is 6.20. The predicted octanol–water partition coefficient (Wildman–Crippen LogP) is 3.12. The van der Waals surface area contributed by atoms with Gasteiger partial charge in [-0.15, -0.1) is 0 Å². The van der Waals surface area contributed by atoms with Crippen LogP contribution < -0.4 is 0 Å². The van der Waals surface area contributed by atoms with Crippen LogP contribution in [0.3, 0.4) is 0 Å². The number of ether oxygens (including phenoxy) is 2. The van der Waals surface area contributed by atoms with Gasteiger partial charge in [0.05, 0.1) is 13.2 Å². The number of hydrogen-bond acceptors (Lipinski definition) is 4. The molecule has 1 rings (SSSR count). The molecule has 0 aromatic heterocycles. The molecule has 1 aromatic rings. The fourth-order valence-electron chi connectivity index (χ4n) is 1.83. The molecule has 0 unspecified atom stereocenters. The number of hydrogen-bond donors (Lipinski definition) is 0. The highest BCUT2D eigenvalue weighted by Crippen LogP contribution is 2.30. The van der Waals surface area contributed by atoms with E-state index in [2.05, 4.69) is 15.9 Å². The van der Waals surface area contributed by atoms with Gasteiger partial charge in [0, 0.05) is 10.9 Å². The highest BCUT2D eigenvalue weighted by atomic mass is 79.9. The largest absolute Gasteiger partial charge is 0.465 e. The zero-order chi connectivity index (χ0) is 15.2. The van der Waals surface area contributed by atoms with E-state index in [0.29, 0.717) is 0 Å². The second-order valence-electron chi connectivity index (χ2n) is 4.54. The lowest BCUT2D eigenvalue weighted by Gasteiger charge is -2.25. The van der Waals surface area contributed by atoms with Crippen LogP contribution in [0.25, 0.3) is 0 Å². The Balaban J connectivity index is 3.08. The lowest BCUT2D eigenvalue weighted by atomic mass is 9.83. The molecule has 0 aliphatic carbocycles. The van der Waals surface area contributed by atoms with Gasteiger partial charge in [-0.25, -0.2) is 0 Å². The van der Waals surface area contributed by atoms with Crippen LogP contribution in [0.2, 0.25) is 0 Å². The van der Waals surface area contributed by atoms with Crippen molar-refractivity contribution in [1.29, 1.82) is 0 Å². The summed E-state index contributed by atoms with van der Waals surface area (Å²) in [4.78, 5) is 24.3. The quantitative estimate of drug-likeness (QED) is 0.588. The van der Waals surface area contributed by atoms with Crippen LogP contribution in [0, 0.1) is 5.41 Å². The average molecular weight is 343 g/mol. The summed E-state index contributed by atoms with van der Waals surface area (Å²) in [6.07, 6.45) is 0.228. The summed E-state index contributed by atoms with van der Waals surface area (Å²) in [6, 6.07) is 7.46. The Labute approximate surface area is 127 Å². The van der Waals surface area contributed by atoms with Crippen molar-refractivity contribution in [2.45, 2.75) is 27.2 Å².